The Morgan fingerprint density at radius 1 is 1.26 bits per heavy atom. The van der Waals surface area contributed by atoms with Crippen LogP contribution in [0.2, 0.25) is 0 Å². The van der Waals surface area contributed by atoms with Crippen LogP contribution >= 0.6 is 0 Å². The van der Waals surface area contributed by atoms with Crippen molar-refractivity contribution >= 4 is 6.09 Å². The van der Waals surface area contributed by atoms with Crippen molar-refractivity contribution in [1.82, 2.24) is 4.90 Å². The minimum atomic E-state index is -0.530. The lowest BCUT2D eigenvalue weighted by molar-refractivity contribution is 0.0201. The summed E-state index contributed by atoms with van der Waals surface area (Å²) < 4.78 is 5.32. The van der Waals surface area contributed by atoms with E-state index in [2.05, 4.69) is 0 Å². The van der Waals surface area contributed by atoms with Crippen molar-refractivity contribution in [2.75, 3.05) is 13.2 Å². The van der Waals surface area contributed by atoms with Gasteiger partial charge in [-0.3, -0.25) is 0 Å². The number of amides is 1. The Morgan fingerprint density at radius 2 is 1.84 bits per heavy atom. The first-order chi connectivity index (χ1) is 8.81. The van der Waals surface area contributed by atoms with Crippen LogP contribution in [-0.2, 0) is 11.3 Å². The average molecular weight is 265 g/mol. The number of aryl methyl sites for hydroxylation is 1. The van der Waals surface area contributed by atoms with Gasteiger partial charge in [-0.05, 0) is 33.3 Å². The first-order valence-electron chi connectivity index (χ1n) is 6.46. The van der Waals surface area contributed by atoms with Crippen LogP contribution in [0.3, 0.4) is 0 Å². The molecule has 0 aliphatic heterocycles. The Hall–Kier alpha value is -1.55. The van der Waals surface area contributed by atoms with E-state index in [0.717, 1.165) is 5.56 Å². The minimum absolute atomic E-state index is 0.0783. The van der Waals surface area contributed by atoms with E-state index < -0.39 is 11.7 Å². The molecule has 1 aromatic rings. The zero-order valence-electron chi connectivity index (χ0n) is 12.1. The molecule has 0 aliphatic rings. The predicted molar refractivity (Wildman–Crippen MR) is 74.9 cm³/mol. The second kappa shape index (κ2) is 6.57. The third-order valence-corrected chi connectivity index (χ3v) is 2.52. The molecule has 0 saturated heterocycles. The first kappa shape index (κ1) is 15.5. The third kappa shape index (κ3) is 5.75. The summed E-state index contributed by atoms with van der Waals surface area (Å²) in [4.78, 5) is 13.5. The van der Waals surface area contributed by atoms with Crippen LogP contribution < -0.4 is 0 Å². The van der Waals surface area contributed by atoms with Gasteiger partial charge in [-0.25, -0.2) is 4.79 Å². The molecule has 0 bridgehead atoms. The molecule has 4 nitrogen and oxygen atoms in total. The molecule has 4 heteroatoms. The van der Waals surface area contributed by atoms with E-state index in [1.165, 1.54) is 10.5 Å². The molecule has 1 aromatic carbocycles. The zero-order valence-corrected chi connectivity index (χ0v) is 12.1. The van der Waals surface area contributed by atoms with Crippen LogP contribution in [0.4, 0.5) is 4.79 Å². The van der Waals surface area contributed by atoms with Gasteiger partial charge >= 0.3 is 6.09 Å². The lowest BCUT2D eigenvalue weighted by Gasteiger charge is -2.27. The highest BCUT2D eigenvalue weighted by atomic mass is 16.6. The van der Waals surface area contributed by atoms with Gasteiger partial charge in [0.1, 0.15) is 5.60 Å². The van der Waals surface area contributed by atoms with E-state index in [1.807, 2.05) is 52.0 Å². The topological polar surface area (TPSA) is 49.8 Å². The maximum Gasteiger partial charge on any atom is 0.410 e. The fourth-order valence-corrected chi connectivity index (χ4v) is 1.60. The van der Waals surface area contributed by atoms with Gasteiger partial charge in [0.25, 0.3) is 0 Å². The molecule has 0 atom stereocenters. The summed E-state index contributed by atoms with van der Waals surface area (Å²) >= 11 is 0. The van der Waals surface area contributed by atoms with Crippen LogP contribution in [0.25, 0.3) is 0 Å². The van der Waals surface area contributed by atoms with Gasteiger partial charge in [-0.2, -0.15) is 0 Å². The molecule has 0 radical (unpaired) electrons. The van der Waals surface area contributed by atoms with Crippen molar-refractivity contribution in [3.05, 3.63) is 35.4 Å². The first-order valence-corrected chi connectivity index (χ1v) is 6.46. The van der Waals surface area contributed by atoms with Crippen LogP contribution in [-0.4, -0.2) is 34.9 Å². The number of carbonyl (C=O) groups excluding carboxylic acids is 1. The minimum Gasteiger partial charge on any atom is -0.444 e. The average Bonchev–Trinajstić information content (AvgIpc) is 2.29. The van der Waals surface area contributed by atoms with Gasteiger partial charge in [-0.1, -0.05) is 29.8 Å². The van der Waals surface area contributed by atoms with E-state index in [0.29, 0.717) is 6.54 Å². The van der Waals surface area contributed by atoms with Crippen LogP contribution in [0.15, 0.2) is 24.3 Å². The highest BCUT2D eigenvalue weighted by Gasteiger charge is 2.21. The van der Waals surface area contributed by atoms with Crippen molar-refractivity contribution < 1.29 is 14.6 Å². The van der Waals surface area contributed by atoms with Gasteiger partial charge in [0.05, 0.1) is 6.61 Å². The number of nitrogens with zero attached hydrogens (tertiary/aromatic N) is 1. The summed E-state index contributed by atoms with van der Waals surface area (Å²) in [5.41, 5.74) is 1.66. The summed E-state index contributed by atoms with van der Waals surface area (Å²) in [6.07, 6.45) is -0.401. The molecule has 0 aliphatic carbocycles. The largest absolute Gasteiger partial charge is 0.444 e. The van der Waals surface area contributed by atoms with Crippen LogP contribution in [0.1, 0.15) is 31.9 Å². The summed E-state index contributed by atoms with van der Waals surface area (Å²) in [7, 11) is 0. The molecular formula is C15H23NO3. The number of rotatable bonds is 4. The van der Waals surface area contributed by atoms with Crippen molar-refractivity contribution in [1.29, 1.82) is 0 Å². The van der Waals surface area contributed by atoms with E-state index in [1.54, 1.807) is 0 Å². The van der Waals surface area contributed by atoms with E-state index in [-0.39, 0.29) is 13.2 Å². The lowest BCUT2D eigenvalue weighted by atomic mass is 10.1. The molecule has 19 heavy (non-hydrogen) atoms. The summed E-state index contributed by atoms with van der Waals surface area (Å²) in [5, 5.41) is 9.06. The Bertz CT molecular complexity index is 406. The van der Waals surface area contributed by atoms with Gasteiger partial charge in [0.15, 0.2) is 0 Å². The lowest BCUT2D eigenvalue weighted by Crippen LogP contribution is -2.38. The van der Waals surface area contributed by atoms with E-state index in [4.69, 9.17) is 9.84 Å². The molecule has 1 N–H and O–H groups in total. The fourth-order valence-electron chi connectivity index (χ4n) is 1.60. The fraction of sp³-hybridized carbons (Fsp3) is 0.533. The number of benzene rings is 1. The second-order valence-corrected chi connectivity index (χ2v) is 5.61. The second-order valence-electron chi connectivity index (χ2n) is 5.61. The Morgan fingerprint density at radius 3 is 2.32 bits per heavy atom. The number of aliphatic hydroxyl groups excluding tert-OH is 1. The normalized spacial score (nSPS) is 11.2. The number of hydrogen-bond donors (Lipinski definition) is 1. The van der Waals surface area contributed by atoms with E-state index in [9.17, 15) is 4.79 Å². The summed E-state index contributed by atoms with van der Waals surface area (Å²) in [6, 6.07) is 7.96. The Balaban J connectivity index is 2.72. The summed E-state index contributed by atoms with van der Waals surface area (Å²) in [5.74, 6) is 0. The third-order valence-electron chi connectivity index (χ3n) is 2.52. The van der Waals surface area contributed by atoms with Gasteiger partial charge in [-0.15, -0.1) is 0 Å². The van der Waals surface area contributed by atoms with Gasteiger partial charge in [0, 0.05) is 13.1 Å². The Labute approximate surface area is 115 Å². The molecule has 0 heterocycles. The van der Waals surface area contributed by atoms with Gasteiger partial charge < -0.3 is 14.7 Å². The molecule has 0 aromatic heterocycles. The molecule has 0 unspecified atom stereocenters. The molecule has 0 fully saturated rings. The number of hydrogen-bond acceptors (Lipinski definition) is 3. The number of aliphatic hydroxyl groups is 1. The number of ether oxygens (including phenoxy) is 1. The maximum absolute atomic E-state index is 12.0. The standard InChI is InChI=1S/C15H23NO3/c1-12-5-7-13(8-6-12)11-16(9-10-17)14(18)19-15(2,3)4/h5-8,17H,9-11H2,1-4H3. The van der Waals surface area contributed by atoms with Crippen molar-refractivity contribution in [2.45, 2.75) is 39.8 Å². The van der Waals surface area contributed by atoms with Crippen molar-refractivity contribution in [2.24, 2.45) is 0 Å². The number of carbonyl (C=O) groups is 1. The highest BCUT2D eigenvalue weighted by molar-refractivity contribution is 5.68. The molecule has 0 spiro atoms. The van der Waals surface area contributed by atoms with Crippen molar-refractivity contribution in [3.63, 3.8) is 0 Å². The molecular weight excluding hydrogens is 242 g/mol. The molecule has 0 saturated carbocycles. The monoisotopic (exact) mass is 265 g/mol. The maximum atomic E-state index is 12.0. The highest BCUT2D eigenvalue weighted by Crippen LogP contribution is 2.13. The SMILES string of the molecule is Cc1ccc(CN(CCO)C(=O)OC(C)(C)C)cc1. The smallest absolute Gasteiger partial charge is 0.410 e. The van der Waals surface area contributed by atoms with Crippen LogP contribution in [0.5, 0.6) is 0 Å². The zero-order chi connectivity index (χ0) is 14.5. The molecule has 1 amide bonds. The van der Waals surface area contributed by atoms with Gasteiger partial charge in [0.2, 0.25) is 0 Å². The molecule has 106 valence electrons. The molecule has 1 rings (SSSR count). The quantitative estimate of drug-likeness (QED) is 0.910. The van der Waals surface area contributed by atoms with Crippen molar-refractivity contribution in [3.8, 4) is 0 Å². The predicted octanol–water partition coefficient (Wildman–Crippen LogP) is 2.72. The van der Waals surface area contributed by atoms with E-state index >= 15 is 0 Å². The Kier molecular flexibility index (Phi) is 5.36. The van der Waals surface area contributed by atoms with Crippen LogP contribution in [0, 0.1) is 6.92 Å². The summed E-state index contributed by atoms with van der Waals surface area (Å²) in [6.45, 7) is 8.13.